The highest BCUT2D eigenvalue weighted by atomic mass is 15.1. The average molecular weight is 206 g/mol. The highest BCUT2D eigenvalue weighted by molar-refractivity contribution is 5.85. The van der Waals surface area contributed by atoms with Gasteiger partial charge in [0.1, 0.15) is 11.6 Å². The van der Waals surface area contributed by atoms with E-state index in [0.29, 0.717) is 0 Å². The molecule has 0 atom stereocenters. The van der Waals surface area contributed by atoms with Gasteiger partial charge in [0, 0.05) is 11.8 Å². The lowest BCUT2D eigenvalue weighted by Gasteiger charge is -2.23. The summed E-state index contributed by atoms with van der Waals surface area (Å²) in [6.45, 7) is 9.94. The second kappa shape index (κ2) is 3.96. The third-order valence-corrected chi connectivity index (χ3v) is 1.89. The fourth-order valence-electron chi connectivity index (χ4n) is 1.34. The predicted octanol–water partition coefficient (Wildman–Crippen LogP) is 2.30. The van der Waals surface area contributed by atoms with Crippen LogP contribution in [0.3, 0.4) is 0 Å². The van der Waals surface area contributed by atoms with Gasteiger partial charge in [-0.05, 0) is 34.6 Å². The zero-order valence-electron chi connectivity index (χ0n) is 9.97. The van der Waals surface area contributed by atoms with Crippen molar-refractivity contribution in [3.05, 3.63) is 17.1 Å². The van der Waals surface area contributed by atoms with E-state index in [1.54, 1.807) is 0 Å². The molecular weight excluding hydrogens is 188 g/mol. The Balaban J connectivity index is 3.21. The average Bonchev–Trinajstić information content (AvgIpc) is 1.99. The molecule has 2 N–H and O–H groups in total. The number of aromatic nitrogens is 2. The summed E-state index contributed by atoms with van der Waals surface area (Å²) < 4.78 is 0. The van der Waals surface area contributed by atoms with E-state index < -0.39 is 0 Å². The summed E-state index contributed by atoms with van der Waals surface area (Å²) in [4.78, 5) is 8.55. The van der Waals surface area contributed by atoms with Crippen LogP contribution in [-0.4, -0.2) is 21.7 Å². The van der Waals surface area contributed by atoms with Gasteiger partial charge in [0.15, 0.2) is 0 Å². The Morgan fingerprint density at radius 2 is 1.80 bits per heavy atom. The van der Waals surface area contributed by atoms with Gasteiger partial charge < -0.3 is 10.7 Å². The van der Waals surface area contributed by atoms with Crippen molar-refractivity contribution >= 4 is 12.0 Å². The number of hydrogen-bond acceptors (Lipinski definition) is 4. The van der Waals surface area contributed by atoms with Crippen molar-refractivity contribution in [2.45, 2.75) is 40.2 Å². The van der Waals surface area contributed by atoms with Crippen molar-refractivity contribution in [1.29, 1.82) is 5.41 Å². The lowest BCUT2D eigenvalue weighted by atomic mass is 10.1. The van der Waals surface area contributed by atoms with Gasteiger partial charge in [-0.2, -0.15) is 0 Å². The van der Waals surface area contributed by atoms with Gasteiger partial charge >= 0.3 is 0 Å². The number of aryl methyl sites for hydroxylation is 2. The van der Waals surface area contributed by atoms with Crippen LogP contribution in [0.25, 0.3) is 0 Å². The molecule has 1 aromatic heterocycles. The minimum absolute atomic E-state index is 0.0645. The van der Waals surface area contributed by atoms with Crippen LogP contribution in [0.1, 0.15) is 37.9 Å². The van der Waals surface area contributed by atoms with Gasteiger partial charge in [-0.3, -0.25) is 0 Å². The van der Waals surface area contributed by atoms with E-state index in [4.69, 9.17) is 5.41 Å². The van der Waals surface area contributed by atoms with E-state index in [1.165, 1.54) is 6.21 Å². The smallest absolute Gasteiger partial charge is 0.139 e. The topological polar surface area (TPSA) is 61.7 Å². The summed E-state index contributed by atoms with van der Waals surface area (Å²) in [5.41, 5.74) is 1.53. The monoisotopic (exact) mass is 206 g/mol. The van der Waals surface area contributed by atoms with Crippen molar-refractivity contribution in [1.82, 2.24) is 9.97 Å². The molecule has 0 unspecified atom stereocenters. The highest BCUT2D eigenvalue weighted by Crippen LogP contribution is 2.18. The fraction of sp³-hybridized carbons (Fsp3) is 0.545. The van der Waals surface area contributed by atoms with Crippen molar-refractivity contribution in [3.8, 4) is 0 Å². The van der Waals surface area contributed by atoms with Crippen molar-refractivity contribution in [2.24, 2.45) is 0 Å². The summed E-state index contributed by atoms with van der Waals surface area (Å²) >= 11 is 0. The molecule has 4 nitrogen and oxygen atoms in total. The molecule has 0 aliphatic heterocycles. The first-order valence-electron chi connectivity index (χ1n) is 4.97. The lowest BCUT2D eigenvalue weighted by Crippen LogP contribution is -2.28. The summed E-state index contributed by atoms with van der Waals surface area (Å²) in [6, 6.07) is 0. The molecule has 0 saturated carbocycles. The minimum Gasteiger partial charge on any atom is -0.365 e. The lowest BCUT2D eigenvalue weighted by molar-refractivity contribution is 0.629. The Kier molecular flexibility index (Phi) is 3.07. The molecule has 0 aromatic carbocycles. The molecule has 0 aliphatic carbocycles. The van der Waals surface area contributed by atoms with Gasteiger partial charge in [0.05, 0.1) is 11.3 Å². The largest absolute Gasteiger partial charge is 0.365 e. The molecule has 0 saturated heterocycles. The maximum atomic E-state index is 7.36. The second-order valence-corrected chi connectivity index (χ2v) is 4.64. The zero-order valence-corrected chi connectivity index (χ0v) is 9.97. The summed E-state index contributed by atoms with van der Waals surface area (Å²) in [7, 11) is 0. The molecule has 82 valence electrons. The fourth-order valence-corrected chi connectivity index (χ4v) is 1.34. The molecule has 1 rings (SSSR count). The van der Waals surface area contributed by atoms with Gasteiger partial charge in [-0.1, -0.05) is 0 Å². The van der Waals surface area contributed by atoms with Gasteiger partial charge in [-0.15, -0.1) is 0 Å². The van der Waals surface area contributed by atoms with E-state index in [0.717, 1.165) is 22.9 Å². The molecule has 15 heavy (non-hydrogen) atoms. The van der Waals surface area contributed by atoms with E-state index in [9.17, 15) is 0 Å². The van der Waals surface area contributed by atoms with Crippen LogP contribution in [0.5, 0.6) is 0 Å². The molecule has 0 spiro atoms. The van der Waals surface area contributed by atoms with Crippen molar-refractivity contribution in [3.63, 3.8) is 0 Å². The minimum atomic E-state index is -0.0645. The molecule has 0 amide bonds. The van der Waals surface area contributed by atoms with Gasteiger partial charge in [0.25, 0.3) is 0 Å². The molecule has 0 fully saturated rings. The van der Waals surface area contributed by atoms with E-state index in [-0.39, 0.29) is 5.54 Å². The van der Waals surface area contributed by atoms with Crippen molar-refractivity contribution < 1.29 is 0 Å². The van der Waals surface area contributed by atoms with Crippen LogP contribution in [0.2, 0.25) is 0 Å². The molecule has 1 heterocycles. The van der Waals surface area contributed by atoms with Crippen LogP contribution in [-0.2, 0) is 0 Å². The second-order valence-electron chi connectivity index (χ2n) is 4.64. The Hall–Kier alpha value is -1.45. The van der Waals surface area contributed by atoms with Crippen LogP contribution >= 0.6 is 0 Å². The molecule has 0 bridgehead atoms. The summed E-state index contributed by atoms with van der Waals surface area (Å²) in [5.74, 6) is 1.47. The van der Waals surface area contributed by atoms with E-state index in [1.807, 2.05) is 13.8 Å². The summed E-state index contributed by atoms with van der Waals surface area (Å²) in [6.07, 6.45) is 1.29. The standard InChI is InChI=1S/C11H18N4/c1-7-9(6-12)10(14-8(2)13-7)15-11(3,4)5/h6,12H,1-5H3,(H,13,14,15). The van der Waals surface area contributed by atoms with Crippen LogP contribution in [0, 0.1) is 19.3 Å². The van der Waals surface area contributed by atoms with Crippen molar-refractivity contribution in [2.75, 3.05) is 5.32 Å². The third-order valence-electron chi connectivity index (χ3n) is 1.89. The molecule has 1 aromatic rings. The Bertz CT molecular complexity index is 377. The Morgan fingerprint density at radius 1 is 1.20 bits per heavy atom. The SMILES string of the molecule is Cc1nc(C)c(C=N)c(NC(C)(C)C)n1. The van der Waals surface area contributed by atoms with Gasteiger partial charge in [-0.25, -0.2) is 9.97 Å². The molecule has 0 radical (unpaired) electrons. The van der Waals surface area contributed by atoms with Crippen LogP contribution in [0.15, 0.2) is 0 Å². The van der Waals surface area contributed by atoms with E-state index in [2.05, 4.69) is 36.1 Å². The van der Waals surface area contributed by atoms with Crippen LogP contribution in [0.4, 0.5) is 5.82 Å². The number of hydrogen-bond donors (Lipinski definition) is 2. The number of anilines is 1. The Labute approximate surface area is 90.7 Å². The highest BCUT2D eigenvalue weighted by Gasteiger charge is 2.14. The molecular formula is C11H18N4. The van der Waals surface area contributed by atoms with E-state index >= 15 is 0 Å². The Morgan fingerprint density at radius 3 is 2.27 bits per heavy atom. The number of rotatable bonds is 2. The quantitative estimate of drug-likeness (QED) is 0.730. The first-order valence-corrected chi connectivity index (χ1v) is 4.97. The normalized spacial score (nSPS) is 11.3. The third kappa shape index (κ3) is 3.01. The maximum absolute atomic E-state index is 7.36. The number of nitrogens with zero attached hydrogens (tertiary/aromatic N) is 2. The zero-order chi connectivity index (χ0) is 11.6. The number of nitrogens with one attached hydrogen (secondary N) is 2. The predicted molar refractivity (Wildman–Crippen MR) is 62.8 cm³/mol. The molecule has 0 aliphatic rings. The van der Waals surface area contributed by atoms with Gasteiger partial charge in [0.2, 0.25) is 0 Å². The van der Waals surface area contributed by atoms with Crippen LogP contribution < -0.4 is 5.32 Å². The molecule has 4 heteroatoms. The maximum Gasteiger partial charge on any atom is 0.139 e. The first kappa shape index (κ1) is 11.6. The summed E-state index contributed by atoms with van der Waals surface area (Å²) in [5, 5.41) is 10.6. The first-order chi connectivity index (χ1) is 6.83.